The molecule has 0 saturated heterocycles. The van der Waals surface area contributed by atoms with Gasteiger partial charge in [-0.3, -0.25) is 4.79 Å². The molecule has 0 unspecified atom stereocenters. The molecule has 0 aliphatic rings. The highest BCUT2D eigenvalue weighted by Gasteiger charge is 2.08. The number of rotatable bonds is 6. The van der Waals surface area contributed by atoms with E-state index in [-0.39, 0.29) is 18.3 Å². The Labute approximate surface area is 94.9 Å². The molecule has 1 rings (SSSR count). The molecule has 16 heavy (non-hydrogen) atoms. The van der Waals surface area contributed by atoms with Crippen LogP contribution in [0.3, 0.4) is 0 Å². The molecule has 0 spiro atoms. The number of hydrogen-bond donors (Lipinski definition) is 3. The molecule has 0 aromatic heterocycles. The third-order valence-electron chi connectivity index (χ3n) is 2.27. The van der Waals surface area contributed by atoms with Gasteiger partial charge < -0.3 is 15.5 Å². The molecule has 0 fully saturated rings. The molecule has 0 aliphatic carbocycles. The summed E-state index contributed by atoms with van der Waals surface area (Å²) in [6.45, 7) is 0.751. The van der Waals surface area contributed by atoms with Gasteiger partial charge in [0.1, 0.15) is 5.75 Å². The summed E-state index contributed by atoms with van der Waals surface area (Å²) in [4.78, 5) is 11.6. The number of aliphatic hydroxyl groups excluding tert-OH is 1. The summed E-state index contributed by atoms with van der Waals surface area (Å²) in [5.41, 5.74) is 0.296. The summed E-state index contributed by atoms with van der Waals surface area (Å²) in [7, 11) is 0. The molecule has 3 N–H and O–H groups in total. The van der Waals surface area contributed by atoms with Gasteiger partial charge in [0.05, 0.1) is 5.56 Å². The Hall–Kier alpha value is -1.55. The van der Waals surface area contributed by atoms with Gasteiger partial charge in [0.2, 0.25) is 0 Å². The van der Waals surface area contributed by atoms with Gasteiger partial charge in [0, 0.05) is 13.2 Å². The van der Waals surface area contributed by atoms with E-state index in [1.54, 1.807) is 18.2 Å². The number of para-hydroxylation sites is 1. The summed E-state index contributed by atoms with van der Waals surface area (Å²) in [5.74, 6) is -0.266. The van der Waals surface area contributed by atoms with E-state index in [0.717, 1.165) is 19.3 Å². The van der Waals surface area contributed by atoms with Crippen LogP contribution in [-0.4, -0.2) is 29.3 Å². The number of aliphatic hydroxyl groups is 1. The van der Waals surface area contributed by atoms with Crippen LogP contribution in [0.1, 0.15) is 29.6 Å². The maximum absolute atomic E-state index is 11.6. The van der Waals surface area contributed by atoms with Gasteiger partial charge in [-0.2, -0.15) is 0 Å². The molecule has 1 amide bonds. The number of phenols is 1. The Bertz CT molecular complexity index is 339. The highest BCUT2D eigenvalue weighted by atomic mass is 16.3. The Morgan fingerprint density at radius 3 is 2.62 bits per heavy atom. The third-order valence-corrected chi connectivity index (χ3v) is 2.27. The zero-order valence-electron chi connectivity index (χ0n) is 9.15. The van der Waals surface area contributed by atoms with E-state index in [9.17, 15) is 9.90 Å². The summed E-state index contributed by atoms with van der Waals surface area (Å²) in [6, 6.07) is 6.45. The van der Waals surface area contributed by atoms with Crippen molar-refractivity contribution in [2.45, 2.75) is 19.3 Å². The van der Waals surface area contributed by atoms with E-state index in [2.05, 4.69) is 5.32 Å². The van der Waals surface area contributed by atoms with E-state index in [1.807, 2.05) is 0 Å². The van der Waals surface area contributed by atoms with Crippen molar-refractivity contribution < 1.29 is 15.0 Å². The van der Waals surface area contributed by atoms with Crippen molar-refractivity contribution in [2.24, 2.45) is 0 Å². The van der Waals surface area contributed by atoms with Crippen molar-refractivity contribution in [2.75, 3.05) is 13.2 Å². The Morgan fingerprint density at radius 2 is 1.94 bits per heavy atom. The van der Waals surface area contributed by atoms with E-state index in [1.165, 1.54) is 6.07 Å². The number of carbonyl (C=O) groups is 1. The number of amides is 1. The number of nitrogens with one attached hydrogen (secondary N) is 1. The largest absolute Gasteiger partial charge is 0.507 e. The van der Waals surface area contributed by atoms with Crippen molar-refractivity contribution in [3.63, 3.8) is 0 Å². The molecular formula is C12H17NO3. The van der Waals surface area contributed by atoms with Crippen LogP contribution in [-0.2, 0) is 0 Å². The monoisotopic (exact) mass is 223 g/mol. The summed E-state index contributed by atoms with van der Waals surface area (Å²) in [6.07, 6.45) is 2.48. The molecule has 0 radical (unpaired) electrons. The Morgan fingerprint density at radius 1 is 1.19 bits per heavy atom. The number of phenolic OH excluding ortho intramolecular Hbond substituents is 1. The molecule has 1 aromatic rings. The minimum absolute atomic E-state index is 0.00430. The lowest BCUT2D eigenvalue weighted by Crippen LogP contribution is -2.24. The van der Waals surface area contributed by atoms with E-state index in [4.69, 9.17) is 5.11 Å². The van der Waals surface area contributed by atoms with Crippen LogP contribution in [0, 0.1) is 0 Å². The van der Waals surface area contributed by atoms with Crippen LogP contribution in [0.2, 0.25) is 0 Å². The SMILES string of the molecule is O=C(NCCCCCO)c1ccccc1O. The second-order valence-corrected chi connectivity index (χ2v) is 3.56. The second kappa shape index (κ2) is 6.85. The molecule has 0 atom stereocenters. The molecule has 0 saturated carbocycles. The molecule has 0 bridgehead atoms. The van der Waals surface area contributed by atoms with Gasteiger partial charge in [-0.25, -0.2) is 0 Å². The topological polar surface area (TPSA) is 69.6 Å². The molecule has 0 heterocycles. The lowest BCUT2D eigenvalue weighted by Gasteiger charge is -2.06. The zero-order chi connectivity index (χ0) is 11.8. The van der Waals surface area contributed by atoms with Crippen LogP contribution in [0.5, 0.6) is 5.75 Å². The first-order valence-corrected chi connectivity index (χ1v) is 5.42. The lowest BCUT2D eigenvalue weighted by molar-refractivity contribution is 0.0950. The average Bonchev–Trinajstić information content (AvgIpc) is 2.29. The van der Waals surface area contributed by atoms with E-state index >= 15 is 0 Å². The summed E-state index contributed by atoms with van der Waals surface area (Å²) >= 11 is 0. The maximum atomic E-state index is 11.6. The molecule has 1 aromatic carbocycles. The van der Waals surface area contributed by atoms with Crippen molar-refractivity contribution in [1.82, 2.24) is 5.32 Å². The molecule has 0 aliphatic heterocycles. The molecule has 4 heteroatoms. The molecule has 4 nitrogen and oxygen atoms in total. The minimum Gasteiger partial charge on any atom is -0.507 e. The Balaban J connectivity index is 2.33. The van der Waals surface area contributed by atoms with Crippen LogP contribution < -0.4 is 5.32 Å². The van der Waals surface area contributed by atoms with Gasteiger partial charge in [-0.05, 0) is 31.4 Å². The zero-order valence-corrected chi connectivity index (χ0v) is 9.15. The molecule has 88 valence electrons. The highest BCUT2D eigenvalue weighted by molar-refractivity contribution is 5.96. The van der Waals surface area contributed by atoms with Gasteiger partial charge in [-0.15, -0.1) is 0 Å². The smallest absolute Gasteiger partial charge is 0.255 e. The fourth-order valence-electron chi connectivity index (χ4n) is 1.38. The van der Waals surface area contributed by atoms with Crippen molar-refractivity contribution in [3.8, 4) is 5.75 Å². The minimum atomic E-state index is -0.262. The fraction of sp³-hybridized carbons (Fsp3) is 0.417. The first-order chi connectivity index (χ1) is 7.75. The van der Waals surface area contributed by atoms with Crippen molar-refractivity contribution in [3.05, 3.63) is 29.8 Å². The van der Waals surface area contributed by atoms with Crippen LogP contribution in [0.4, 0.5) is 0 Å². The standard InChI is InChI=1S/C12H17NO3/c14-9-5-1-4-8-13-12(16)10-6-2-3-7-11(10)15/h2-3,6-7,14-15H,1,4-5,8-9H2,(H,13,16). The normalized spacial score (nSPS) is 10.1. The molecular weight excluding hydrogens is 206 g/mol. The van der Waals surface area contributed by atoms with Gasteiger partial charge in [0.15, 0.2) is 0 Å². The van der Waals surface area contributed by atoms with Gasteiger partial charge in [-0.1, -0.05) is 12.1 Å². The van der Waals surface area contributed by atoms with Crippen LogP contribution >= 0.6 is 0 Å². The average molecular weight is 223 g/mol. The number of aromatic hydroxyl groups is 1. The van der Waals surface area contributed by atoms with E-state index in [0.29, 0.717) is 12.1 Å². The number of carbonyl (C=O) groups excluding carboxylic acids is 1. The highest BCUT2D eigenvalue weighted by Crippen LogP contribution is 2.14. The van der Waals surface area contributed by atoms with Crippen molar-refractivity contribution in [1.29, 1.82) is 0 Å². The summed E-state index contributed by atoms with van der Waals surface area (Å²) < 4.78 is 0. The number of unbranched alkanes of at least 4 members (excludes halogenated alkanes) is 2. The first kappa shape index (κ1) is 12.5. The number of benzene rings is 1. The lowest BCUT2D eigenvalue weighted by atomic mass is 10.2. The quantitative estimate of drug-likeness (QED) is 0.636. The predicted molar refractivity (Wildman–Crippen MR) is 61.4 cm³/mol. The van der Waals surface area contributed by atoms with Gasteiger partial charge in [0.25, 0.3) is 5.91 Å². The van der Waals surface area contributed by atoms with Gasteiger partial charge >= 0.3 is 0 Å². The van der Waals surface area contributed by atoms with Crippen molar-refractivity contribution >= 4 is 5.91 Å². The maximum Gasteiger partial charge on any atom is 0.255 e. The third kappa shape index (κ3) is 3.90. The van der Waals surface area contributed by atoms with Crippen LogP contribution in [0.25, 0.3) is 0 Å². The van der Waals surface area contributed by atoms with Crippen LogP contribution in [0.15, 0.2) is 24.3 Å². The summed E-state index contributed by atoms with van der Waals surface area (Å²) in [5, 5.41) is 20.7. The van der Waals surface area contributed by atoms with E-state index < -0.39 is 0 Å². The Kier molecular flexibility index (Phi) is 5.36. The fourth-order valence-corrected chi connectivity index (χ4v) is 1.38. The number of hydrogen-bond acceptors (Lipinski definition) is 3. The predicted octanol–water partition coefficient (Wildman–Crippen LogP) is 1.28. The second-order valence-electron chi connectivity index (χ2n) is 3.56. The first-order valence-electron chi connectivity index (χ1n) is 5.42.